The van der Waals surface area contributed by atoms with Gasteiger partial charge in [0.15, 0.2) is 0 Å². The lowest BCUT2D eigenvalue weighted by Crippen LogP contribution is -2.36. The molecule has 8 heteroatoms. The zero-order valence-electron chi connectivity index (χ0n) is 16.5. The maximum absolute atomic E-state index is 12.2. The van der Waals surface area contributed by atoms with E-state index in [1.807, 2.05) is 24.3 Å². The highest BCUT2D eigenvalue weighted by atomic mass is 79.9. The van der Waals surface area contributed by atoms with E-state index in [-0.39, 0.29) is 12.3 Å². The van der Waals surface area contributed by atoms with E-state index in [4.69, 9.17) is 14.2 Å². The molecular weight excluding hydrogens is 438 g/mol. The number of hydrazone groups is 1. The Labute approximate surface area is 178 Å². The van der Waals surface area contributed by atoms with Gasteiger partial charge in [0.05, 0.1) is 40.1 Å². The highest BCUT2D eigenvalue weighted by Gasteiger charge is 2.12. The van der Waals surface area contributed by atoms with Crippen molar-refractivity contribution in [3.05, 3.63) is 52.0 Å². The van der Waals surface area contributed by atoms with E-state index in [2.05, 4.69) is 31.4 Å². The fourth-order valence-corrected chi connectivity index (χ4v) is 3.57. The summed E-state index contributed by atoms with van der Waals surface area (Å²) >= 11 is 3.42. The number of nitrogens with one attached hydrogen (secondary N) is 1. The van der Waals surface area contributed by atoms with Crippen LogP contribution in [0.15, 0.2) is 46.0 Å². The standard InChI is InChI=1S/C21H24BrN3O4/c1-27-18-11-16(12-19(28-2)21(18)22)14-23-24-20(26)13-15-3-5-17(6-4-15)25-7-9-29-10-8-25/h3-6,11-12,14H,7-10,13H2,1-2H3,(H,24,26). The summed E-state index contributed by atoms with van der Waals surface area (Å²) in [6.45, 7) is 3.27. The van der Waals surface area contributed by atoms with Gasteiger partial charge in [-0.05, 0) is 45.8 Å². The van der Waals surface area contributed by atoms with Crippen molar-refractivity contribution in [2.75, 3.05) is 45.4 Å². The van der Waals surface area contributed by atoms with Crippen LogP contribution in [-0.4, -0.2) is 52.6 Å². The summed E-state index contributed by atoms with van der Waals surface area (Å²) in [6, 6.07) is 11.6. The van der Waals surface area contributed by atoms with Crippen LogP contribution in [0.1, 0.15) is 11.1 Å². The average molecular weight is 462 g/mol. The van der Waals surface area contributed by atoms with E-state index in [9.17, 15) is 4.79 Å². The minimum atomic E-state index is -0.184. The smallest absolute Gasteiger partial charge is 0.244 e. The van der Waals surface area contributed by atoms with Crippen molar-refractivity contribution >= 4 is 33.7 Å². The van der Waals surface area contributed by atoms with E-state index >= 15 is 0 Å². The number of halogens is 1. The van der Waals surface area contributed by atoms with E-state index in [1.165, 1.54) is 0 Å². The second-order valence-corrected chi connectivity index (χ2v) is 7.27. The predicted octanol–water partition coefficient (Wildman–Crippen LogP) is 3.00. The Morgan fingerprint density at radius 2 is 1.79 bits per heavy atom. The van der Waals surface area contributed by atoms with Gasteiger partial charge in [-0.15, -0.1) is 0 Å². The molecule has 0 aliphatic carbocycles. The van der Waals surface area contributed by atoms with E-state index in [0.717, 1.165) is 47.6 Å². The summed E-state index contributed by atoms with van der Waals surface area (Å²) in [6.07, 6.45) is 1.81. The summed E-state index contributed by atoms with van der Waals surface area (Å²) in [5, 5.41) is 4.04. The van der Waals surface area contributed by atoms with Gasteiger partial charge in [0.1, 0.15) is 16.0 Å². The van der Waals surface area contributed by atoms with Crippen LogP contribution in [-0.2, 0) is 16.0 Å². The SMILES string of the molecule is COc1cc(C=NNC(=O)Cc2ccc(N3CCOCC3)cc2)cc(OC)c1Br. The molecular formula is C21H24BrN3O4. The molecule has 1 amide bonds. The lowest BCUT2D eigenvalue weighted by molar-refractivity contribution is -0.120. The number of morpholine rings is 1. The van der Waals surface area contributed by atoms with Gasteiger partial charge >= 0.3 is 0 Å². The van der Waals surface area contributed by atoms with Crippen LogP contribution in [0.25, 0.3) is 0 Å². The molecule has 0 atom stereocenters. The third-order valence-corrected chi connectivity index (χ3v) is 5.33. The molecule has 3 rings (SSSR count). The Balaban J connectivity index is 1.55. The third-order valence-electron chi connectivity index (χ3n) is 4.55. The molecule has 0 bridgehead atoms. The normalized spacial score (nSPS) is 14.1. The molecule has 7 nitrogen and oxygen atoms in total. The molecule has 1 fully saturated rings. The molecule has 29 heavy (non-hydrogen) atoms. The van der Waals surface area contributed by atoms with Gasteiger partial charge in [0.25, 0.3) is 0 Å². The van der Waals surface area contributed by atoms with Crippen LogP contribution in [0.3, 0.4) is 0 Å². The first-order valence-electron chi connectivity index (χ1n) is 9.25. The molecule has 0 unspecified atom stereocenters. The zero-order valence-corrected chi connectivity index (χ0v) is 18.1. The number of carbonyl (C=O) groups excluding carboxylic acids is 1. The van der Waals surface area contributed by atoms with Gasteiger partial charge < -0.3 is 19.1 Å². The molecule has 0 spiro atoms. The van der Waals surface area contributed by atoms with Gasteiger partial charge in [0.2, 0.25) is 5.91 Å². The van der Waals surface area contributed by atoms with Crippen molar-refractivity contribution in [1.82, 2.24) is 5.43 Å². The third kappa shape index (κ3) is 5.71. The van der Waals surface area contributed by atoms with Gasteiger partial charge in [-0.25, -0.2) is 5.43 Å². The summed E-state index contributed by atoms with van der Waals surface area (Å²) in [4.78, 5) is 14.5. The Morgan fingerprint density at radius 3 is 2.38 bits per heavy atom. The maximum Gasteiger partial charge on any atom is 0.244 e. The Kier molecular flexibility index (Phi) is 7.48. The molecule has 0 radical (unpaired) electrons. The number of hydrogen-bond acceptors (Lipinski definition) is 6. The van der Waals surface area contributed by atoms with Crippen molar-refractivity contribution in [3.8, 4) is 11.5 Å². The molecule has 1 heterocycles. The number of nitrogens with zero attached hydrogens (tertiary/aromatic N) is 2. The van der Waals surface area contributed by atoms with Crippen molar-refractivity contribution in [2.45, 2.75) is 6.42 Å². The fraction of sp³-hybridized carbons (Fsp3) is 0.333. The van der Waals surface area contributed by atoms with E-state index < -0.39 is 0 Å². The van der Waals surface area contributed by atoms with Crippen molar-refractivity contribution in [3.63, 3.8) is 0 Å². The number of hydrogen-bond donors (Lipinski definition) is 1. The fourth-order valence-electron chi connectivity index (χ4n) is 3.01. The first kappa shape index (κ1) is 21.1. The largest absolute Gasteiger partial charge is 0.495 e. The Hall–Kier alpha value is -2.58. The van der Waals surface area contributed by atoms with E-state index in [0.29, 0.717) is 11.5 Å². The predicted molar refractivity (Wildman–Crippen MR) is 116 cm³/mol. The van der Waals surface area contributed by atoms with E-state index in [1.54, 1.807) is 32.6 Å². The first-order chi connectivity index (χ1) is 14.1. The van der Waals surface area contributed by atoms with Crippen molar-refractivity contribution < 1.29 is 19.0 Å². The van der Waals surface area contributed by atoms with Crippen molar-refractivity contribution in [1.29, 1.82) is 0 Å². The van der Waals surface area contributed by atoms with Gasteiger partial charge in [-0.2, -0.15) is 5.10 Å². The first-order valence-corrected chi connectivity index (χ1v) is 10.0. The molecule has 2 aromatic rings. The maximum atomic E-state index is 12.2. The second kappa shape index (κ2) is 10.3. The lowest BCUT2D eigenvalue weighted by atomic mass is 10.1. The molecule has 1 saturated heterocycles. The van der Waals surface area contributed by atoms with Crippen LogP contribution in [0.5, 0.6) is 11.5 Å². The molecule has 0 saturated carbocycles. The quantitative estimate of drug-likeness (QED) is 0.506. The molecule has 0 aromatic heterocycles. The Morgan fingerprint density at radius 1 is 1.17 bits per heavy atom. The van der Waals surface area contributed by atoms with Crippen LogP contribution in [0.4, 0.5) is 5.69 Å². The number of amides is 1. The number of rotatable bonds is 7. The minimum absolute atomic E-state index is 0.184. The summed E-state index contributed by atoms with van der Waals surface area (Å²) in [5.41, 5.74) is 5.38. The number of methoxy groups -OCH3 is 2. The monoisotopic (exact) mass is 461 g/mol. The van der Waals surface area contributed by atoms with Crippen LogP contribution < -0.4 is 19.8 Å². The highest BCUT2D eigenvalue weighted by molar-refractivity contribution is 9.10. The van der Waals surface area contributed by atoms with Gasteiger partial charge in [-0.1, -0.05) is 12.1 Å². The molecule has 2 aromatic carbocycles. The molecule has 1 aliphatic heterocycles. The topological polar surface area (TPSA) is 72.4 Å². The highest BCUT2D eigenvalue weighted by Crippen LogP contribution is 2.35. The number of anilines is 1. The molecule has 1 aliphatic rings. The summed E-state index contributed by atoms with van der Waals surface area (Å²) in [5.74, 6) is 1.06. The van der Waals surface area contributed by atoms with Gasteiger partial charge in [-0.3, -0.25) is 4.79 Å². The average Bonchev–Trinajstić information content (AvgIpc) is 2.75. The van der Waals surface area contributed by atoms with Crippen LogP contribution >= 0.6 is 15.9 Å². The zero-order chi connectivity index (χ0) is 20.6. The number of carbonyl (C=O) groups is 1. The number of benzene rings is 2. The van der Waals surface area contributed by atoms with Crippen LogP contribution in [0.2, 0.25) is 0 Å². The molecule has 1 N–H and O–H groups in total. The molecule has 154 valence electrons. The van der Waals surface area contributed by atoms with Crippen molar-refractivity contribution in [2.24, 2.45) is 5.10 Å². The lowest BCUT2D eigenvalue weighted by Gasteiger charge is -2.28. The number of ether oxygens (including phenoxy) is 3. The second-order valence-electron chi connectivity index (χ2n) is 6.48. The summed E-state index contributed by atoms with van der Waals surface area (Å²) < 4.78 is 16.7. The summed E-state index contributed by atoms with van der Waals surface area (Å²) in [7, 11) is 3.15. The van der Waals surface area contributed by atoms with Crippen LogP contribution in [0, 0.1) is 0 Å². The Bertz CT molecular complexity index is 840. The van der Waals surface area contributed by atoms with Gasteiger partial charge in [0, 0.05) is 24.3 Å². The minimum Gasteiger partial charge on any atom is -0.495 e.